The van der Waals surface area contributed by atoms with Gasteiger partial charge < -0.3 is 15.6 Å². The summed E-state index contributed by atoms with van der Waals surface area (Å²) in [7, 11) is 0. The van der Waals surface area contributed by atoms with E-state index in [1.165, 1.54) is 11.3 Å². The Labute approximate surface area is 202 Å². The molecule has 2 aromatic heterocycles. The van der Waals surface area contributed by atoms with Gasteiger partial charge in [0.05, 0.1) is 0 Å². The maximum atomic E-state index is 13.8. The van der Waals surface area contributed by atoms with Crippen molar-refractivity contribution in [3.8, 4) is 0 Å². The molecule has 1 fully saturated rings. The fourth-order valence-corrected chi connectivity index (χ4v) is 5.85. The van der Waals surface area contributed by atoms with E-state index in [2.05, 4.69) is 10.5 Å². The predicted molar refractivity (Wildman–Crippen MR) is 130 cm³/mol. The Hall–Kier alpha value is -3.46. The van der Waals surface area contributed by atoms with Gasteiger partial charge in [-0.05, 0) is 49.3 Å². The summed E-state index contributed by atoms with van der Waals surface area (Å²) in [5.41, 5.74) is 5.42. The number of carbonyl (C=O) groups excluding carboxylic acids is 3. The molecule has 0 saturated heterocycles. The number of hydrogen-bond donors (Lipinski definition) is 2. The lowest BCUT2D eigenvalue weighted by Gasteiger charge is -2.45. The van der Waals surface area contributed by atoms with Gasteiger partial charge in [0.2, 0.25) is 17.7 Å². The van der Waals surface area contributed by atoms with E-state index < -0.39 is 11.4 Å². The zero-order valence-electron chi connectivity index (χ0n) is 19.0. The van der Waals surface area contributed by atoms with Crippen molar-refractivity contribution in [3.63, 3.8) is 0 Å². The van der Waals surface area contributed by atoms with Crippen molar-refractivity contribution in [2.75, 3.05) is 10.2 Å². The lowest BCUT2D eigenvalue weighted by Crippen LogP contribution is -2.61. The van der Waals surface area contributed by atoms with Crippen LogP contribution in [0.4, 0.5) is 11.5 Å². The van der Waals surface area contributed by atoms with Crippen LogP contribution in [-0.2, 0) is 19.9 Å². The van der Waals surface area contributed by atoms with Gasteiger partial charge in [0.1, 0.15) is 5.76 Å². The topological polar surface area (TPSA) is 119 Å². The second-order valence-corrected chi connectivity index (χ2v) is 9.47. The van der Waals surface area contributed by atoms with Crippen LogP contribution >= 0.6 is 11.3 Å². The number of nitrogens with one attached hydrogen (secondary N) is 1. The van der Waals surface area contributed by atoms with Crippen LogP contribution in [0, 0.1) is 12.8 Å². The standard InChI is InChI=1S/C25H28N4O4S/c1-17-16-21(28-33-17)27-22(30)13-14-23(31)29(19-10-3-2-4-11-19)25(24(26)32,18-8-5-6-9-18)20-12-7-15-34-20/h2-4,7,10-12,15-16,18H,5-6,8-9,13-14H2,1H3,(H2,26,32)(H,27,28,30). The third kappa shape index (κ3) is 4.61. The molecule has 0 spiro atoms. The number of aryl methyl sites for hydroxylation is 1. The van der Waals surface area contributed by atoms with Crippen molar-refractivity contribution >= 4 is 40.6 Å². The van der Waals surface area contributed by atoms with E-state index in [9.17, 15) is 14.4 Å². The van der Waals surface area contributed by atoms with Gasteiger partial charge >= 0.3 is 0 Å². The normalized spacial score (nSPS) is 15.6. The van der Waals surface area contributed by atoms with Crippen LogP contribution in [-0.4, -0.2) is 22.9 Å². The van der Waals surface area contributed by atoms with Crippen LogP contribution in [0.25, 0.3) is 0 Å². The molecular formula is C25H28N4O4S. The SMILES string of the molecule is Cc1cc(NC(=O)CCC(=O)N(c2ccccc2)C(C(N)=O)(c2cccs2)C2CCCC2)no1. The molecule has 3 aromatic rings. The van der Waals surface area contributed by atoms with Crippen molar-refractivity contribution in [2.45, 2.75) is 51.0 Å². The number of rotatable bonds is 9. The highest BCUT2D eigenvalue weighted by Gasteiger charge is 2.54. The summed E-state index contributed by atoms with van der Waals surface area (Å²) in [6.07, 6.45) is 3.37. The molecule has 0 aliphatic heterocycles. The maximum absolute atomic E-state index is 13.8. The minimum absolute atomic E-state index is 0.0714. The molecule has 3 amide bonds. The van der Waals surface area contributed by atoms with Crippen LogP contribution in [0.2, 0.25) is 0 Å². The maximum Gasteiger partial charge on any atom is 0.249 e. The van der Waals surface area contributed by atoms with Gasteiger partial charge in [-0.15, -0.1) is 11.3 Å². The van der Waals surface area contributed by atoms with Gasteiger partial charge in [-0.25, -0.2) is 0 Å². The van der Waals surface area contributed by atoms with Crippen molar-refractivity contribution in [3.05, 3.63) is 64.5 Å². The molecule has 0 bridgehead atoms. The van der Waals surface area contributed by atoms with E-state index in [0.717, 1.165) is 30.6 Å². The minimum atomic E-state index is -1.32. The lowest BCUT2D eigenvalue weighted by molar-refractivity contribution is -0.131. The van der Waals surface area contributed by atoms with Gasteiger partial charge in [0.15, 0.2) is 11.4 Å². The van der Waals surface area contributed by atoms with E-state index in [4.69, 9.17) is 10.3 Å². The molecule has 1 saturated carbocycles. The average molecular weight is 481 g/mol. The third-order valence-electron chi connectivity index (χ3n) is 6.30. The Morgan fingerprint density at radius 2 is 1.88 bits per heavy atom. The van der Waals surface area contributed by atoms with E-state index >= 15 is 0 Å². The van der Waals surface area contributed by atoms with Crippen molar-refractivity contribution in [1.82, 2.24) is 5.16 Å². The van der Waals surface area contributed by atoms with E-state index in [0.29, 0.717) is 17.3 Å². The highest BCUT2D eigenvalue weighted by atomic mass is 32.1. The summed E-state index contributed by atoms with van der Waals surface area (Å²) in [5.74, 6) is -0.499. The Kier molecular flexibility index (Phi) is 7.12. The number of hydrogen-bond acceptors (Lipinski definition) is 6. The first-order valence-corrected chi connectivity index (χ1v) is 12.3. The quantitative estimate of drug-likeness (QED) is 0.471. The molecule has 1 aliphatic rings. The number of amides is 3. The van der Waals surface area contributed by atoms with Gasteiger partial charge in [-0.1, -0.05) is 42.3 Å². The highest BCUT2D eigenvalue weighted by Crippen LogP contribution is 2.48. The number of carbonyl (C=O) groups is 3. The van der Waals surface area contributed by atoms with Crippen molar-refractivity contribution in [1.29, 1.82) is 0 Å². The van der Waals surface area contributed by atoms with Crippen LogP contribution in [0.15, 0.2) is 58.4 Å². The highest BCUT2D eigenvalue weighted by molar-refractivity contribution is 7.10. The Morgan fingerprint density at radius 1 is 1.15 bits per heavy atom. The number of thiophene rings is 1. The first kappa shape index (κ1) is 23.7. The third-order valence-corrected chi connectivity index (χ3v) is 7.29. The van der Waals surface area contributed by atoms with Crippen molar-refractivity contribution < 1.29 is 18.9 Å². The number of nitrogens with zero attached hydrogens (tertiary/aromatic N) is 2. The predicted octanol–water partition coefficient (Wildman–Crippen LogP) is 4.37. The van der Waals surface area contributed by atoms with E-state index in [1.807, 2.05) is 35.7 Å². The summed E-state index contributed by atoms with van der Waals surface area (Å²) >= 11 is 1.42. The Bertz CT molecular complexity index is 1140. The smallest absolute Gasteiger partial charge is 0.249 e. The Balaban J connectivity index is 1.68. The fourth-order valence-electron chi connectivity index (χ4n) is 4.85. The number of anilines is 2. The molecule has 8 nitrogen and oxygen atoms in total. The van der Waals surface area contributed by atoms with Gasteiger partial charge in [0, 0.05) is 29.5 Å². The molecule has 9 heteroatoms. The van der Waals surface area contributed by atoms with E-state index in [-0.39, 0.29) is 30.6 Å². The van der Waals surface area contributed by atoms with Gasteiger partial charge in [0.25, 0.3) is 0 Å². The molecule has 1 atom stereocenters. The number of benzene rings is 1. The van der Waals surface area contributed by atoms with Gasteiger partial charge in [-0.2, -0.15) is 0 Å². The number of primary amides is 1. The van der Waals surface area contributed by atoms with E-state index in [1.54, 1.807) is 30.0 Å². The molecule has 0 radical (unpaired) electrons. The number of nitrogens with two attached hydrogens (primary N) is 1. The molecule has 178 valence electrons. The summed E-state index contributed by atoms with van der Waals surface area (Å²) in [6.45, 7) is 1.72. The number of aromatic nitrogens is 1. The summed E-state index contributed by atoms with van der Waals surface area (Å²) < 4.78 is 4.97. The van der Waals surface area contributed by atoms with Crippen LogP contribution in [0.5, 0.6) is 0 Å². The van der Waals surface area contributed by atoms with Crippen LogP contribution in [0.3, 0.4) is 0 Å². The molecule has 34 heavy (non-hydrogen) atoms. The second kappa shape index (κ2) is 10.2. The first-order chi connectivity index (χ1) is 16.4. The lowest BCUT2D eigenvalue weighted by atomic mass is 9.78. The van der Waals surface area contributed by atoms with Crippen molar-refractivity contribution in [2.24, 2.45) is 11.7 Å². The molecule has 4 rings (SSSR count). The van der Waals surface area contributed by atoms with Crippen LogP contribution < -0.4 is 16.0 Å². The molecule has 1 aliphatic carbocycles. The fraction of sp³-hybridized carbons (Fsp3) is 0.360. The zero-order chi connectivity index (χ0) is 24.1. The first-order valence-electron chi connectivity index (χ1n) is 11.4. The van der Waals surface area contributed by atoms with Crippen LogP contribution in [0.1, 0.15) is 49.2 Å². The molecular weight excluding hydrogens is 452 g/mol. The molecule has 1 aromatic carbocycles. The number of para-hydroxylation sites is 1. The zero-order valence-corrected chi connectivity index (χ0v) is 19.8. The monoisotopic (exact) mass is 480 g/mol. The Morgan fingerprint density at radius 3 is 2.47 bits per heavy atom. The van der Waals surface area contributed by atoms with Gasteiger partial charge in [-0.3, -0.25) is 19.3 Å². The second-order valence-electron chi connectivity index (χ2n) is 8.52. The molecule has 1 unspecified atom stereocenters. The minimum Gasteiger partial charge on any atom is -0.367 e. The summed E-state index contributed by atoms with van der Waals surface area (Å²) in [5, 5.41) is 8.28. The molecule has 2 heterocycles. The average Bonchev–Trinajstić information content (AvgIpc) is 3.60. The summed E-state index contributed by atoms with van der Waals surface area (Å²) in [6, 6.07) is 14.4. The summed E-state index contributed by atoms with van der Waals surface area (Å²) in [4.78, 5) is 42.0. The largest absolute Gasteiger partial charge is 0.367 e. The molecule has 3 N–H and O–H groups in total.